The van der Waals surface area contributed by atoms with Gasteiger partial charge < -0.3 is 10.1 Å². The number of carbonyl (C=O) groups is 1. The molecule has 3 rings (SSSR count). The van der Waals surface area contributed by atoms with Gasteiger partial charge in [-0.25, -0.2) is 5.43 Å². The number of aromatic nitrogens is 2. The zero-order chi connectivity index (χ0) is 20.6. The van der Waals surface area contributed by atoms with Gasteiger partial charge in [0.25, 0.3) is 5.56 Å². The van der Waals surface area contributed by atoms with E-state index in [4.69, 9.17) is 12.2 Å². The lowest BCUT2D eigenvalue weighted by molar-refractivity contribution is -0.120. The molecule has 0 bridgehead atoms. The van der Waals surface area contributed by atoms with Gasteiger partial charge in [-0.2, -0.15) is 5.10 Å². The van der Waals surface area contributed by atoms with Gasteiger partial charge in [0.15, 0.2) is 4.77 Å². The van der Waals surface area contributed by atoms with Crippen LogP contribution in [0, 0.1) is 4.77 Å². The molecule has 0 aliphatic carbocycles. The predicted molar refractivity (Wildman–Crippen MR) is 114 cm³/mol. The molecular weight excluding hydrogens is 388 g/mol. The minimum Gasteiger partial charge on any atom is -0.507 e. The number of nitrogens with one attached hydrogen (secondary N) is 3. The van der Waals surface area contributed by atoms with Crippen molar-refractivity contribution in [2.75, 3.05) is 0 Å². The summed E-state index contributed by atoms with van der Waals surface area (Å²) < 4.78 is 0.154. The zero-order valence-corrected chi connectivity index (χ0v) is 16.3. The average Bonchev–Trinajstić information content (AvgIpc) is 2.69. The fourth-order valence-corrected chi connectivity index (χ4v) is 3.06. The van der Waals surface area contributed by atoms with Gasteiger partial charge in [-0.05, 0) is 42.8 Å². The first-order valence-electron chi connectivity index (χ1n) is 9.01. The Balaban J connectivity index is 1.76. The monoisotopic (exact) mass is 408 g/mol. The third-order valence-electron chi connectivity index (χ3n) is 4.19. The molecule has 1 amide bonds. The Bertz CT molecular complexity index is 1110. The molecule has 0 aliphatic rings. The lowest BCUT2D eigenvalue weighted by Crippen LogP contribution is -2.23. The third-order valence-corrected chi connectivity index (χ3v) is 4.40. The number of para-hydroxylation sites is 1. The maximum atomic E-state index is 12.3. The number of amides is 1. The van der Waals surface area contributed by atoms with Crippen LogP contribution in [0.1, 0.15) is 23.2 Å². The van der Waals surface area contributed by atoms with Gasteiger partial charge in [-0.15, -0.1) is 0 Å². The molecule has 0 atom stereocenters. The Hall–Kier alpha value is -3.52. The van der Waals surface area contributed by atoms with Crippen LogP contribution in [0.5, 0.6) is 5.75 Å². The van der Waals surface area contributed by atoms with Crippen molar-refractivity contribution in [1.82, 2.24) is 15.4 Å². The van der Waals surface area contributed by atoms with E-state index in [0.717, 1.165) is 5.56 Å². The maximum Gasteiger partial charge on any atom is 0.251 e. The van der Waals surface area contributed by atoms with Gasteiger partial charge in [-0.3, -0.25) is 14.6 Å². The summed E-state index contributed by atoms with van der Waals surface area (Å²) in [6.07, 6.45) is 1.14. The molecule has 3 aromatic rings. The molecular formula is C21H20N4O3S. The van der Waals surface area contributed by atoms with Crippen LogP contribution in [-0.2, 0) is 17.6 Å². The van der Waals surface area contributed by atoms with Gasteiger partial charge >= 0.3 is 0 Å². The summed E-state index contributed by atoms with van der Waals surface area (Å²) >= 11 is 4.91. The molecule has 8 heteroatoms. The number of hydrogen-bond acceptors (Lipinski definition) is 5. The van der Waals surface area contributed by atoms with E-state index in [-0.39, 0.29) is 22.5 Å². The molecule has 0 saturated carbocycles. The highest BCUT2D eigenvalue weighted by Gasteiger charge is 2.11. The number of nitrogens with zero attached hydrogens (tertiary/aromatic N) is 1. The average molecular weight is 408 g/mol. The van der Waals surface area contributed by atoms with Crippen molar-refractivity contribution < 1.29 is 9.90 Å². The van der Waals surface area contributed by atoms with Crippen LogP contribution < -0.4 is 11.0 Å². The Morgan fingerprint density at radius 2 is 1.79 bits per heavy atom. The Morgan fingerprint density at radius 3 is 2.52 bits per heavy atom. The Morgan fingerprint density at radius 1 is 1.07 bits per heavy atom. The first-order valence-corrected chi connectivity index (χ1v) is 9.42. The molecule has 0 unspecified atom stereocenters. The maximum absolute atomic E-state index is 12.3. The van der Waals surface area contributed by atoms with Gasteiger partial charge in [0, 0.05) is 17.3 Å². The quantitative estimate of drug-likeness (QED) is 0.274. The van der Waals surface area contributed by atoms with Gasteiger partial charge in [-0.1, -0.05) is 42.5 Å². The number of rotatable bonds is 7. The summed E-state index contributed by atoms with van der Waals surface area (Å²) in [4.78, 5) is 28.9. The number of aryl methyl sites for hydroxylation is 1. The fraction of sp³-hybridized carbons (Fsp3) is 0.143. The van der Waals surface area contributed by atoms with Crippen LogP contribution in [-0.4, -0.2) is 26.7 Å². The first-order chi connectivity index (χ1) is 14.0. The van der Waals surface area contributed by atoms with Crippen molar-refractivity contribution in [1.29, 1.82) is 0 Å². The molecule has 0 fully saturated rings. The third kappa shape index (κ3) is 5.98. The highest BCUT2D eigenvalue weighted by molar-refractivity contribution is 7.71. The smallest absolute Gasteiger partial charge is 0.251 e. The van der Waals surface area contributed by atoms with Crippen LogP contribution in [0.15, 0.2) is 70.6 Å². The molecule has 148 valence electrons. The minimum atomic E-state index is -0.408. The highest BCUT2D eigenvalue weighted by Crippen LogP contribution is 2.19. The summed E-state index contributed by atoms with van der Waals surface area (Å²) in [5, 5.41) is 14.4. The molecule has 0 saturated heterocycles. The van der Waals surface area contributed by atoms with Crippen LogP contribution in [0.25, 0.3) is 0 Å². The summed E-state index contributed by atoms with van der Waals surface area (Å²) in [5.74, 6) is -0.318. The van der Waals surface area contributed by atoms with E-state index in [2.05, 4.69) is 20.5 Å². The summed E-state index contributed by atoms with van der Waals surface area (Å²) in [7, 11) is 0. The second-order valence-corrected chi connectivity index (χ2v) is 6.79. The minimum absolute atomic E-state index is 0.0796. The lowest BCUT2D eigenvalue weighted by atomic mass is 10.0. The Kier molecular flexibility index (Phi) is 6.70. The highest BCUT2D eigenvalue weighted by atomic mass is 32.1. The predicted octanol–water partition coefficient (Wildman–Crippen LogP) is 2.83. The normalized spacial score (nSPS) is 11.2. The zero-order valence-electron chi connectivity index (χ0n) is 15.5. The van der Waals surface area contributed by atoms with Crippen molar-refractivity contribution in [3.8, 4) is 5.75 Å². The molecule has 29 heavy (non-hydrogen) atoms. The number of phenols is 1. The number of hydrogen-bond donors (Lipinski definition) is 4. The fourth-order valence-electron chi connectivity index (χ4n) is 2.83. The SMILES string of the molecule is O=C(Cc1cc(=O)[nH]c(=S)[nH]1)N/N=C(\CCc1ccccc1)c1ccccc1O. The Labute approximate surface area is 172 Å². The van der Waals surface area contributed by atoms with Crippen molar-refractivity contribution in [2.24, 2.45) is 5.10 Å². The molecule has 0 aliphatic heterocycles. The van der Waals surface area contributed by atoms with Crippen molar-refractivity contribution in [3.63, 3.8) is 0 Å². The van der Waals surface area contributed by atoms with Gasteiger partial charge in [0.1, 0.15) is 5.75 Å². The van der Waals surface area contributed by atoms with E-state index in [1.54, 1.807) is 24.3 Å². The van der Waals surface area contributed by atoms with E-state index in [1.165, 1.54) is 6.07 Å². The van der Waals surface area contributed by atoms with Crippen LogP contribution in [0.4, 0.5) is 0 Å². The first kappa shape index (κ1) is 20.2. The van der Waals surface area contributed by atoms with E-state index >= 15 is 0 Å². The van der Waals surface area contributed by atoms with Crippen molar-refractivity contribution >= 4 is 23.8 Å². The van der Waals surface area contributed by atoms with Gasteiger partial charge in [0.2, 0.25) is 5.91 Å². The number of carbonyl (C=O) groups excluding carboxylic acids is 1. The summed E-state index contributed by atoms with van der Waals surface area (Å²) in [6, 6.07) is 18.0. The summed E-state index contributed by atoms with van der Waals surface area (Å²) in [5.41, 5.74) is 4.75. The number of hydrazone groups is 1. The van der Waals surface area contributed by atoms with Crippen LogP contribution >= 0.6 is 12.2 Å². The largest absolute Gasteiger partial charge is 0.507 e. The van der Waals surface area contributed by atoms with Crippen LogP contribution in [0.2, 0.25) is 0 Å². The molecule has 7 nitrogen and oxygen atoms in total. The molecule has 0 spiro atoms. The van der Waals surface area contributed by atoms with Crippen molar-refractivity contribution in [2.45, 2.75) is 19.3 Å². The molecule has 0 radical (unpaired) electrons. The van der Waals surface area contributed by atoms with E-state index in [9.17, 15) is 14.7 Å². The summed E-state index contributed by atoms with van der Waals surface area (Å²) in [6.45, 7) is 0. The number of H-pyrrole nitrogens is 2. The topological polar surface area (TPSA) is 110 Å². The molecule has 2 aromatic carbocycles. The van der Waals surface area contributed by atoms with E-state index < -0.39 is 5.91 Å². The second kappa shape index (κ2) is 9.61. The number of aromatic hydroxyl groups is 1. The standard InChI is InChI=1S/C21H20N4O3S/c26-18-9-5-4-8-16(18)17(11-10-14-6-2-1-3-7-14)24-25-20(28)13-15-12-19(27)23-21(29)22-15/h1-9,12,26H,10-11,13H2,(H,25,28)(H2,22,23,27,29)/b24-17+. The second-order valence-electron chi connectivity index (χ2n) is 6.39. The van der Waals surface area contributed by atoms with E-state index in [1.807, 2.05) is 30.3 Å². The molecule has 1 aromatic heterocycles. The molecule has 4 N–H and O–H groups in total. The number of benzene rings is 2. The van der Waals surface area contributed by atoms with E-state index in [0.29, 0.717) is 29.8 Å². The van der Waals surface area contributed by atoms with Gasteiger partial charge in [0.05, 0.1) is 12.1 Å². The molecule has 1 heterocycles. The number of aromatic amines is 2. The lowest BCUT2D eigenvalue weighted by Gasteiger charge is -2.10. The van der Waals surface area contributed by atoms with Crippen molar-refractivity contribution in [3.05, 3.63) is 92.6 Å². The van der Waals surface area contributed by atoms with Crippen LogP contribution in [0.3, 0.4) is 0 Å². The number of phenolic OH excluding ortho intramolecular Hbond substituents is 1.